The van der Waals surface area contributed by atoms with E-state index in [4.69, 9.17) is 0 Å². The lowest BCUT2D eigenvalue weighted by molar-refractivity contribution is -0.141. The Morgan fingerprint density at radius 3 is 2.50 bits per heavy atom. The summed E-state index contributed by atoms with van der Waals surface area (Å²) in [5.74, 6) is 0.439. The average Bonchev–Trinajstić information content (AvgIpc) is 2.83. The zero-order valence-corrected chi connectivity index (χ0v) is 12.6. The van der Waals surface area contributed by atoms with Crippen molar-refractivity contribution < 1.29 is 13.2 Å². The summed E-state index contributed by atoms with van der Waals surface area (Å²) in [6.07, 6.45) is 0.916. The highest BCUT2D eigenvalue weighted by molar-refractivity contribution is 5.01. The van der Waals surface area contributed by atoms with Gasteiger partial charge in [-0.3, -0.25) is 4.90 Å². The molecule has 1 saturated carbocycles. The summed E-state index contributed by atoms with van der Waals surface area (Å²) in [6, 6.07) is 0.244. The molecule has 0 radical (unpaired) electrons. The summed E-state index contributed by atoms with van der Waals surface area (Å²) < 4.78 is 37.6. The van der Waals surface area contributed by atoms with Crippen molar-refractivity contribution in [2.24, 2.45) is 5.92 Å². The lowest BCUT2D eigenvalue weighted by Gasteiger charge is -2.48. The number of piperazine rings is 1. The molecule has 2 rings (SSSR count). The van der Waals surface area contributed by atoms with Crippen molar-refractivity contribution >= 4 is 0 Å². The normalized spacial score (nSPS) is 28.9. The third-order valence-electron chi connectivity index (χ3n) is 5.20. The molecule has 0 aromatic rings. The van der Waals surface area contributed by atoms with Crippen LogP contribution in [0, 0.1) is 5.92 Å². The molecule has 2 atom stereocenters. The van der Waals surface area contributed by atoms with E-state index in [2.05, 4.69) is 24.1 Å². The Bertz CT molecular complexity index is 311. The van der Waals surface area contributed by atoms with Gasteiger partial charge in [0.05, 0.1) is 6.42 Å². The predicted molar refractivity (Wildman–Crippen MR) is 74.7 cm³/mol. The number of alkyl halides is 3. The number of nitrogens with zero attached hydrogens (tertiary/aromatic N) is 1. The Morgan fingerprint density at radius 2 is 1.95 bits per heavy atom. The van der Waals surface area contributed by atoms with Gasteiger partial charge in [-0.2, -0.15) is 13.2 Å². The van der Waals surface area contributed by atoms with Crippen LogP contribution >= 0.6 is 0 Å². The second kappa shape index (κ2) is 6.22. The van der Waals surface area contributed by atoms with Crippen molar-refractivity contribution in [2.75, 3.05) is 19.6 Å². The number of hydrogen-bond donors (Lipinski definition) is 1. The standard InChI is InChI=1S/C15H27F3N2/c1-3-12(2)13-10-19-14(6-4-5-7-14)11-20(13)9-8-15(16,17)18/h12-13,19H,3-11H2,1-2H3. The molecule has 1 saturated heterocycles. The zero-order valence-electron chi connectivity index (χ0n) is 12.6. The third kappa shape index (κ3) is 3.88. The zero-order chi connectivity index (χ0) is 14.8. The molecule has 118 valence electrons. The molecule has 0 amide bonds. The van der Waals surface area contributed by atoms with Crippen molar-refractivity contribution in [3.8, 4) is 0 Å². The molecule has 0 aromatic carbocycles. The number of halogens is 3. The maximum absolute atomic E-state index is 12.5. The van der Waals surface area contributed by atoms with Gasteiger partial charge in [-0.05, 0) is 18.8 Å². The predicted octanol–water partition coefficient (Wildman–Crippen LogP) is 3.57. The van der Waals surface area contributed by atoms with E-state index in [1.165, 1.54) is 12.8 Å². The van der Waals surface area contributed by atoms with Crippen LogP contribution in [0.3, 0.4) is 0 Å². The van der Waals surface area contributed by atoms with Gasteiger partial charge in [-0.15, -0.1) is 0 Å². The van der Waals surface area contributed by atoms with Crippen molar-refractivity contribution in [3.63, 3.8) is 0 Å². The van der Waals surface area contributed by atoms with Gasteiger partial charge < -0.3 is 5.32 Å². The Kier molecular flexibility index (Phi) is 5.00. The summed E-state index contributed by atoms with van der Waals surface area (Å²) >= 11 is 0. The molecular weight excluding hydrogens is 265 g/mol. The molecular formula is C15H27F3N2. The molecule has 1 aliphatic heterocycles. The Hall–Kier alpha value is -0.290. The first-order valence-electron chi connectivity index (χ1n) is 7.91. The summed E-state index contributed by atoms with van der Waals surface area (Å²) in [6.45, 7) is 6.05. The molecule has 2 nitrogen and oxygen atoms in total. The second-order valence-electron chi connectivity index (χ2n) is 6.66. The molecule has 1 N–H and O–H groups in total. The van der Waals surface area contributed by atoms with Gasteiger partial charge in [0.1, 0.15) is 0 Å². The summed E-state index contributed by atoms with van der Waals surface area (Å²) in [5.41, 5.74) is 0.0928. The van der Waals surface area contributed by atoms with E-state index in [0.717, 1.165) is 32.4 Å². The van der Waals surface area contributed by atoms with Crippen molar-refractivity contribution in [3.05, 3.63) is 0 Å². The largest absolute Gasteiger partial charge is 0.390 e. The van der Waals surface area contributed by atoms with Crippen molar-refractivity contribution in [1.82, 2.24) is 10.2 Å². The first-order chi connectivity index (χ1) is 9.35. The Morgan fingerprint density at radius 1 is 1.30 bits per heavy atom. The average molecular weight is 292 g/mol. The topological polar surface area (TPSA) is 15.3 Å². The molecule has 1 heterocycles. The minimum atomic E-state index is -4.05. The Labute approximate surface area is 120 Å². The van der Waals surface area contributed by atoms with Crippen LogP contribution in [0.4, 0.5) is 13.2 Å². The fraction of sp³-hybridized carbons (Fsp3) is 1.00. The lowest BCUT2D eigenvalue weighted by atomic mass is 9.87. The molecule has 20 heavy (non-hydrogen) atoms. The van der Waals surface area contributed by atoms with Gasteiger partial charge in [0.2, 0.25) is 0 Å². The van der Waals surface area contributed by atoms with Gasteiger partial charge in [-0.25, -0.2) is 0 Å². The van der Waals surface area contributed by atoms with E-state index < -0.39 is 12.6 Å². The molecule has 0 bridgehead atoms. The van der Waals surface area contributed by atoms with E-state index in [0.29, 0.717) is 5.92 Å². The van der Waals surface area contributed by atoms with Crippen molar-refractivity contribution in [1.29, 1.82) is 0 Å². The van der Waals surface area contributed by atoms with Crippen LogP contribution in [0.1, 0.15) is 52.4 Å². The van der Waals surface area contributed by atoms with Crippen LogP contribution in [0.25, 0.3) is 0 Å². The minimum absolute atomic E-state index is 0.0928. The number of rotatable bonds is 4. The second-order valence-corrected chi connectivity index (χ2v) is 6.66. The van der Waals surface area contributed by atoms with E-state index >= 15 is 0 Å². The SMILES string of the molecule is CCC(C)C1CNC2(CCCC2)CN1CCC(F)(F)F. The summed E-state index contributed by atoms with van der Waals surface area (Å²) in [5, 5.41) is 3.66. The van der Waals surface area contributed by atoms with Crippen LogP contribution in [-0.4, -0.2) is 42.3 Å². The maximum Gasteiger partial charge on any atom is 0.390 e. The Balaban J connectivity index is 2.02. The minimum Gasteiger partial charge on any atom is -0.308 e. The fourth-order valence-corrected chi connectivity index (χ4v) is 3.75. The summed E-state index contributed by atoms with van der Waals surface area (Å²) in [7, 11) is 0. The van der Waals surface area contributed by atoms with Crippen LogP contribution in [0.5, 0.6) is 0 Å². The van der Waals surface area contributed by atoms with Crippen LogP contribution in [0.2, 0.25) is 0 Å². The van der Waals surface area contributed by atoms with Gasteiger partial charge >= 0.3 is 6.18 Å². The van der Waals surface area contributed by atoms with Crippen LogP contribution in [-0.2, 0) is 0 Å². The molecule has 2 fully saturated rings. The highest BCUT2D eigenvalue weighted by atomic mass is 19.4. The van der Waals surface area contributed by atoms with Gasteiger partial charge in [0.25, 0.3) is 0 Å². The fourth-order valence-electron chi connectivity index (χ4n) is 3.75. The molecule has 0 aromatic heterocycles. The monoisotopic (exact) mass is 292 g/mol. The van der Waals surface area contributed by atoms with Gasteiger partial charge in [-0.1, -0.05) is 33.1 Å². The number of nitrogens with one attached hydrogen (secondary N) is 1. The first kappa shape index (κ1) is 16.1. The summed E-state index contributed by atoms with van der Waals surface area (Å²) in [4.78, 5) is 2.11. The quantitative estimate of drug-likeness (QED) is 0.852. The highest BCUT2D eigenvalue weighted by Gasteiger charge is 2.42. The van der Waals surface area contributed by atoms with E-state index in [9.17, 15) is 13.2 Å². The molecule has 1 aliphatic carbocycles. The van der Waals surface area contributed by atoms with E-state index in [1.807, 2.05) is 0 Å². The van der Waals surface area contributed by atoms with Gasteiger partial charge in [0.15, 0.2) is 0 Å². The van der Waals surface area contributed by atoms with E-state index in [1.54, 1.807) is 0 Å². The van der Waals surface area contributed by atoms with Crippen LogP contribution in [0.15, 0.2) is 0 Å². The smallest absolute Gasteiger partial charge is 0.308 e. The van der Waals surface area contributed by atoms with Gasteiger partial charge in [0, 0.05) is 31.2 Å². The molecule has 2 aliphatic rings. The van der Waals surface area contributed by atoms with E-state index in [-0.39, 0.29) is 18.1 Å². The molecule has 5 heteroatoms. The van der Waals surface area contributed by atoms with Crippen molar-refractivity contribution in [2.45, 2.75) is 70.1 Å². The third-order valence-corrected chi connectivity index (χ3v) is 5.20. The maximum atomic E-state index is 12.5. The lowest BCUT2D eigenvalue weighted by Crippen LogP contribution is -2.64. The van der Waals surface area contributed by atoms with Crippen LogP contribution < -0.4 is 5.32 Å². The number of hydrogen-bond acceptors (Lipinski definition) is 2. The highest BCUT2D eigenvalue weighted by Crippen LogP contribution is 2.35. The molecule has 2 unspecified atom stereocenters. The molecule has 1 spiro atoms. The first-order valence-corrected chi connectivity index (χ1v) is 7.91.